The van der Waals surface area contributed by atoms with Gasteiger partial charge in [-0.1, -0.05) is 5.16 Å². The molecule has 7 N–H and O–H groups in total. The predicted molar refractivity (Wildman–Crippen MR) is 145 cm³/mol. The topological polar surface area (TPSA) is 212 Å². The van der Waals surface area contributed by atoms with Crippen molar-refractivity contribution in [2.75, 3.05) is 17.9 Å². The molecule has 2 aromatic heterocycles. The molecule has 39 heavy (non-hydrogen) atoms. The SMILES string of the molecule is Cc1noc(C)c1-c1cc2c(c(S(=O)(=O)Nc3ccsc3C(=O)N[C@@H](CCCN=C(N)N)C(=O)O)c1)OCC2. The number of thiophene rings is 1. The highest BCUT2D eigenvalue weighted by atomic mass is 32.2. The number of fused-ring (bicyclic) bond motifs is 1. The number of amides is 1. The fraction of sp³-hybridized carbons (Fsp3) is 0.333. The summed E-state index contributed by atoms with van der Waals surface area (Å²) in [6.45, 7) is 4.04. The Hall–Kier alpha value is -4.11. The van der Waals surface area contributed by atoms with E-state index in [2.05, 4.69) is 20.2 Å². The van der Waals surface area contributed by atoms with Gasteiger partial charge in [-0.25, -0.2) is 13.2 Å². The quantitative estimate of drug-likeness (QED) is 0.127. The van der Waals surface area contributed by atoms with Crippen LogP contribution in [0, 0.1) is 13.8 Å². The third-order valence-corrected chi connectivity index (χ3v) is 8.31. The van der Waals surface area contributed by atoms with E-state index in [-0.39, 0.29) is 40.1 Å². The van der Waals surface area contributed by atoms with Gasteiger partial charge in [0, 0.05) is 18.5 Å². The zero-order valence-corrected chi connectivity index (χ0v) is 22.8. The molecule has 1 amide bonds. The standard InChI is InChI=1S/C24H28N6O7S2/c1-12-19(13(2)37-29-12)15-10-14-5-8-36-20(14)18(11-15)39(34,35)30-16-6-9-38-21(16)22(31)28-17(23(32)33)4-3-7-27-24(25)26/h6,9-11,17,30H,3-5,7-8H2,1-2H3,(H,28,31)(H,32,33)(H4,25,26,27)/t17-/m0/s1. The van der Waals surface area contributed by atoms with Crippen LogP contribution in [0.15, 0.2) is 38.0 Å². The maximum absolute atomic E-state index is 13.6. The fourth-order valence-electron chi connectivity index (χ4n) is 4.26. The summed E-state index contributed by atoms with van der Waals surface area (Å²) >= 11 is 0.971. The average molecular weight is 577 g/mol. The highest BCUT2D eigenvalue weighted by Gasteiger charge is 2.30. The van der Waals surface area contributed by atoms with Crippen LogP contribution in [0.3, 0.4) is 0 Å². The van der Waals surface area contributed by atoms with Crippen molar-refractivity contribution in [2.45, 2.75) is 44.0 Å². The molecule has 0 unspecified atom stereocenters. The number of sulfonamides is 1. The van der Waals surface area contributed by atoms with Crippen molar-refractivity contribution in [3.8, 4) is 16.9 Å². The molecule has 0 spiro atoms. The highest BCUT2D eigenvalue weighted by Crippen LogP contribution is 2.40. The van der Waals surface area contributed by atoms with E-state index in [4.69, 9.17) is 20.7 Å². The number of rotatable bonds is 11. The Kier molecular flexibility index (Phi) is 8.11. The minimum Gasteiger partial charge on any atom is -0.492 e. The number of anilines is 1. The molecular formula is C24H28N6O7S2. The Balaban J connectivity index is 1.59. The number of aliphatic imine (C=N–C) groups is 1. The van der Waals surface area contributed by atoms with E-state index in [0.717, 1.165) is 16.9 Å². The number of carboxylic acid groups (broad SMARTS) is 1. The van der Waals surface area contributed by atoms with Gasteiger partial charge < -0.3 is 31.2 Å². The van der Waals surface area contributed by atoms with Crippen molar-refractivity contribution in [1.29, 1.82) is 0 Å². The minimum atomic E-state index is -4.23. The van der Waals surface area contributed by atoms with E-state index < -0.39 is 27.9 Å². The Morgan fingerprint density at radius 2 is 2.05 bits per heavy atom. The maximum atomic E-state index is 13.6. The maximum Gasteiger partial charge on any atom is 0.326 e. The van der Waals surface area contributed by atoms with Crippen molar-refractivity contribution in [1.82, 2.24) is 10.5 Å². The average Bonchev–Trinajstić information content (AvgIpc) is 3.59. The summed E-state index contributed by atoms with van der Waals surface area (Å²) < 4.78 is 40.6. The summed E-state index contributed by atoms with van der Waals surface area (Å²) in [5.41, 5.74) is 13.2. The second kappa shape index (κ2) is 11.3. The van der Waals surface area contributed by atoms with Gasteiger partial charge in [-0.3, -0.25) is 14.5 Å². The second-order valence-electron chi connectivity index (χ2n) is 8.84. The summed E-state index contributed by atoms with van der Waals surface area (Å²) in [4.78, 5) is 28.4. The molecule has 0 saturated carbocycles. The first kappa shape index (κ1) is 27.9. The van der Waals surface area contributed by atoms with Crippen LogP contribution in [0.1, 0.15) is 39.5 Å². The van der Waals surface area contributed by atoms with Gasteiger partial charge in [-0.2, -0.15) is 0 Å². The third-order valence-electron chi connectivity index (χ3n) is 6.03. The smallest absolute Gasteiger partial charge is 0.326 e. The van der Waals surface area contributed by atoms with Crippen molar-refractivity contribution < 1.29 is 32.4 Å². The zero-order valence-electron chi connectivity index (χ0n) is 21.2. The van der Waals surface area contributed by atoms with E-state index in [9.17, 15) is 23.1 Å². The van der Waals surface area contributed by atoms with Crippen LogP contribution in [-0.4, -0.2) is 55.7 Å². The molecule has 3 aromatic rings. The Morgan fingerprint density at radius 1 is 1.28 bits per heavy atom. The van der Waals surface area contributed by atoms with E-state index in [1.807, 2.05) is 6.07 Å². The van der Waals surface area contributed by atoms with Gasteiger partial charge in [0.1, 0.15) is 27.3 Å². The lowest BCUT2D eigenvalue weighted by Crippen LogP contribution is -2.40. The van der Waals surface area contributed by atoms with Gasteiger partial charge in [0.15, 0.2) is 5.96 Å². The Morgan fingerprint density at radius 3 is 2.72 bits per heavy atom. The molecule has 1 aromatic carbocycles. The molecule has 0 fully saturated rings. The van der Waals surface area contributed by atoms with Gasteiger partial charge in [0.25, 0.3) is 15.9 Å². The first-order valence-electron chi connectivity index (χ1n) is 11.9. The van der Waals surface area contributed by atoms with Gasteiger partial charge >= 0.3 is 5.97 Å². The van der Waals surface area contributed by atoms with Crippen molar-refractivity contribution in [3.05, 3.63) is 45.5 Å². The number of carboxylic acids is 1. The lowest BCUT2D eigenvalue weighted by Gasteiger charge is -2.16. The van der Waals surface area contributed by atoms with Crippen molar-refractivity contribution >= 4 is 44.9 Å². The number of carbonyl (C=O) groups excluding carboxylic acids is 1. The third kappa shape index (κ3) is 6.15. The lowest BCUT2D eigenvalue weighted by molar-refractivity contribution is -0.139. The van der Waals surface area contributed by atoms with Crippen molar-refractivity contribution in [3.63, 3.8) is 0 Å². The van der Waals surface area contributed by atoms with E-state index >= 15 is 0 Å². The number of nitrogens with one attached hydrogen (secondary N) is 2. The number of nitrogens with zero attached hydrogens (tertiary/aromatic N) is 2. The molecule has 1 atom stereocenters. The summed E-state index contributed by atoms with van der Waals surface area (Å²) in [5, 5.41) is 17.5. The van der Waals surface area contributed by atoms with Crippen LogP contribution in [-0.2, 0) is 21.2 Å². The number of aryl methyl sites for hydroxylation is 2. The molecule has 0 saturated heterocycles. The molecular weight excluding hydrogens is 548 g/mol. The number of nitrogens with two attached hydrogens (primary N) is 2. The second-order valence-corrected chi connectivity index (χ2v) is 11.4. The Bertz CT molecular complexity index is 1520. The molecule has 15 heteroatoms. The first-order valence-corrected chi connectivity index (χ1v) is 14.3. The normalized spacial score (nSPS) is 13.3. The van der Waals surface area contributed by atoms with E-state index in [1.54, 1.807) is 13.8 Å². The number of ether oxygens (including phenoxy) is 1. The molecule has 208 valence electrons. The number of hydrogen-bond donors (Lipinski definition) is 5. The molecule has 0 aliphatic carbocycles. The number of guanidine groups is 1. The molecule has 1 aliphatic rings. The number of hydrogen-bond acceptors (Lipinski definition) is 9. The molecule has 0 radical (unpaired) electrons. The van der Waals surface area contributed by atoms with E-state index in [0.29, 0.717) is 42.0 Å². The van der Waals surface area contributed by atoms with Crippen LogP contribution >= 0.6 is 11.3 Å². The highest BCUT2D eigenvalue weighted by molar-refractivity contribution is 7.92. The molecule has 1 aliphatic heterocycles. The zero-order chi connectivity index (χ0) is 28.3. The molecule has 3 heterocycles. The van der Waals surface area contributed by atoms with Crippen LogP contribution in [0.2, 0.25) is 0 Å². The van der Waals surface area contributed by atoms with Gasteiger partial charge in [0.2, 0.25) is 0 Å². The summed E-state index contributed by atoms with van der Waals surface area (Å²) in [5.74, 6) is -1.30. The van der Waals surface area contributed by atoms with Crippen LogP contribution < -0.4 is 26.2 Å². The first-order chi connectivity index (χ1) is 18.5. The van der Waals surface area contributed by atoms with Gasteiger partial charge in [-0.15, -0.1) is 11.3 Å². The minimum absolute atomic E-state index is 0.00786. The number of aliphatic carboxylic acids is 1. The van der Waals surface area contributed by atoms with Crippen LogP contribution in [0.5, 0.6) is 5.75 Å². The summed E-state index contributed by atoms with van der Waals surface area (Å²) in [6, 6.07) is 3.56. The number of aromatic nitrogens is 1. The number of carbonyl (C=O) groups is 2. The molecule has 13 nitrogen and oxygen atoms in total. The predicted octanol–water partition coefficient (Wildman–Crippen LogP) is 1.99. The Labute approximate surface area is 228 Å². The molecule has 0 bridgehead atoms. The van der Waals surface area contributed by atoms with Crippen LogP contribution in [0.25, 0.3) is 11.1 Å². The van der Waals surface area contributed by atoms with Crippen LogP contribution in [0.4, 0.5) is 5.69 Å². The van der Waals surface area contributed by atoms with E-state index in [1.165, 1.54) is 17.5 Å². The fourth-order valence-corrected chi connectivity index (χ4v) is 6.36. The summed E-state index contributed by atoms with van der Waals surface area (Å²) in [6.07, 6.45) is 0.912. The monoisotopic (exact) mass is 576 g/mol. The lowest BCUT2D eigenvalue weighted by atomic mass is 10.0. The molecule has 4 rings (SSSR count). The van der Waals surface area contributed by atoms with Crippen molar-refractivity contribution in [2.24, 2.45) is 16.5 Å². The number of benzene rings is 1. The van der Waals surface area contributed by atoms with Gasteiger partial charge in [-0.05, 0) is 61.4 Å². The van der Waals surface area contributed by atoms with Gasteiger partial charge in [0.05, 0.1) is 18.0 Å². The summed E-state index contributed by atoms with van der Waals surface area (Å²) in [7, 11) is -4.23. The largest absolute Gasteiger partial charge is 0.492 e.